The zero-order chi connectivity index (χ0) is 15.0. The molecule has 0 aliphatic carbocycles. The summed E-state index contributed by atoms with van der Waals surface area (Å²) >= 11 is 0. The smallest absolute Gasteiger partial charge is 0.276 e. The van der Waals surface area contributed by atoms with E-state index in [1.54, 1.807) is 7.05 Å². The summed E-state index contributed by atoms with van der Waals surface area (Å²) in [6.45, 7) is 1.89. The Morgan fingerprint density at radius 1 is 1.33 bits per heavy atom. The minimum absolute atomic E-state index is 0.289. The van der Waals surface area contributed by atoms with Crippen LogP contribution in [0, 0.1) is 6.92 Å². The first-order chi connectivity index (χ1) is 10.1. The molecule has 0 fully saturated rings. The first kappa shape index (κ1) is 13.1. The van der Waals surface area contributed by atoms with E-state index in [9.17, 15) is 4.79 Å². The topological polar surface area (TPSA) is 85.8 Å². The van der Waals surface area contributed by atoms with Crippen molar-refractivity contribution in [3.63, 3.8) is 0 Å². The van der Waals surface area contributed by atoms with Gasteiger partial charge in [0.25, 0.3) is 5.91 Å². The molecule has 0 unspecified atom stereocenters. The van der Waals surface area contributed by atoms with Gasteiger partial charge in [0.1, 0.15) is 5.69 Å². The number of hydrogen-bond acceptors (Lipinski definition) is 4. The van der Waals surface area contributed by atoms with Crippen LogP contribution in [0.25, 0.3) is 10.9 Å². The molecule has 106 valence electrons. The van der Waals surface area contributed by atoms with Crippen molar-refractivity contribution in [1.82, 2.24) is 14.8 Å². The lowest BCUT2D eigenvalue weighted by molar-refractivity contribution is 0.101. The number of para-hydroxylation sites is 1. The van der Waals surface area contributed by atoms with E-state index in [4.69, 9.17) is 5.73 Å². The third kappa shape index (κ3) is 2.31. The fourth-order valence-corrected chi connectivity index (χ4v) is 2.33. The van der Waals surface area contributed by atoms with E-state index in [0.29, 0.717) is 17.1 Å². The lowest BCUT2D eigenvalue weighted by Crippen LogP contribution is -2.18. The van der Waals surface area contributed by atoms with Crippen molar-refractivity contribution in [1.29, 1.82) is 0 Å². The molecule has 3 rings (SSSR count). The maximum Gasteiger partial charge on any atom is 0.276 e. The molecule has 2 aromatic heterocycles. The minimum Gasteiger partial charge on any atom is -0.396 e. The summed E-state index contributed by atoms with van der Waals surface area (Å²) in [6.07, 6.45) is 1.46. The number of amides is 1. The van der Waals surface area contributed by atoms with Gasteiger partial charge in [-0.25, -0.2) is 0 Å². The molecule has 6 heteroatoms. The Labute approximate surface area is 121 Å². The standard InChI is InChI=1S/C15H15N5O/c1-9-7-13(10-5-3-4-6-12(10)18-9)19-15(21)14-11(16)8-17-20(14)2/h3-8H,16H2,1-2H3,(H,18,19,21). The Morgan fingerprint density at radius 2 is 2.10 bits per heavy atom. The summed E-state index contributed by atoms with van der Waals surface area (Å²) in [5, 5.41) is 7.75. The second-order valence-electron chi connectivity index (χ2n) is 4.85. The first-order valence-corrected chi connectivity index (χ1v) is 6.51. The van der Waals surface area contributed by atoms with Gasteiger partial charge in [-0.2, -0.15) is 5.10 Å². The molecular formula is C15H15N5O. The number of rotatable bonds is 2. The second kappa shape index (κ2) is 4.90. The third-order valence-electron chi connectivity index (χ3n) is 3.27. The summed E-state index contributed by atoms with van der Waals surface area (Å²) in [5.41, 5.74) is 8.86. The van der Waals surface area contributed by atoms with Crippen LogP contribution in [0.5, 0.6) is 0 Å². The van der Waals surface area contributed by atoms with Crippen molar-refractivity contribution in [3.05, 3.63) is 47.9 Å². The number of aryl methyl sites for hydroxylation is 2. The zero-order valence-electron chi connectivity index (χ0n) is 11.8. The number of pyridine rings is 1. The summed E-state index contributed by atoms with van der Waals surface area (Å²) < 4.78 is 1.46. The van der Waals surface area contributed by atoms with Gasteiger partial charge in [0, 0.05) is 18.1 Å². The molecule has 3 N–H and O–H groups in total. The number of carbonyl (C=O) groups is 1. The van der Waals surface area contributed by atoms with Gasteiger partial charge in [-0.1, -0.05) is 18.2 Å². The van der Waals surface area contributed by atoms with Crippen molar-refractivity contribution in [2.75, 3.05) is 11.1 Å². The number of fused-ring (bicyclic) bond motifs is 1. The van der Waals surface area contributed by atoms with Gasteiger partial charge in [-0.05, 0) is 19.1 Å². The van der Waals surface area contributed by atoms with Crippen LogP contribution in [-0.4, -0.2) is 20.7 Å². The molecule has 0 spiro atoms. The molecule has 0 saturated heterocycles. The Balaban J connectivity index is 2.04. The molecule has 0 atom stereocenters. The molecule has 21 heavy (non-hydrogen) atoms. The van der Waals surface area contributed by atoms with E-state index in [1.807, 2.05) is 37.3 Å². The van der Waals surface area contributed by atoms with Gasteiger partial charge in [-0.3, -0.25) is 14.5 Å². The van der Waals surface area contributed by atoms with Crippen molar-refractivity contribution in [3.8, 4) is 0 Å². The summed E-state index contributed by atoms with van der Waals surface area (Å²) in [5.74, 6) is -0.289. The summed E-state index contributed by atoms with van der Waals surface area (Å²) in [6, 6.07) is 9.50. The Kier molecular flexibility index (Phi) is 3.06. The summed E-state index contributed by atoms with van der Waals surface area (Å²) in [7, 11) is 1.68. The number of nitrogens with one attached hydrogen (secondary N) is 1. The first-order valence-electron chi connectivity index (χ1n) is 6.51. The summed E-state index contributed by atoms with van der Waals surface area (Å²) in [4.78, 5) is 16.8. The number of anilines is 2. The van der Waals surface area contributed by atoms with E-state index < -0.39 is 0 Å². The predicted octanol–water partition coefficient (Wildman–Crippen LogP) is 2.11. The molecule has 1 amide bonds. The fraction of sp³-hybridized carbons (Fsp3) is 0.133. The van der Waals surface area contributed by atoms with Crippen LogP contribution in [-0.2, 0) is 7.05 Å². The maximum atomic E-state index is 12.4. The Hall–Kier alpha value is -2.89. The van der Waals surface area contributed by atoms with Crippen molar-refractivity contribution < 1.29 is 4.79 Å². The quantitative estimate of drug-likeness (QED) is 0.753. The number of nitrogen functional groups attached to an aromatic ring is 1. The van der Waals surface area contributed by atoms with Gasteiger partial charge in [0.15, 0.2) is 0 Å². The van der Waals surface area contributed by atoms with Crippen LogP contribution in [0.15, 0.2) is 36.5 Å². The van der Waals surface area contributed by atoms with Crippen LogP contribution in [0.4, 0.5) is 11.4 Å². The number of nitrogens with zero attached hydrogens (tertiary/aromatic N) is 3. The lowest BCUT2D eigenvalue weighted by atomic mass is 10.1. The van der Waals surface area contributed by atoms with Crippen molar-refractivity contribution >= 4 is 28.2 Å². The van der Waals surface area contributed by atoms with Gasteiger partial charge in [-0.15, -0.1) is 0 Å². The highest BCUT2D eigenvalue weighted by molar-refractivity contribution is 6.10. The maximum absolute atomic E-state index is 12.4. The van der Waals surface area contributed by atoms with E-state index >= 15 is 0 Å². The molecule has 1 aromatic carbocycles. The molecule has 0 aliphatic rings. The van der Waals surface area contributed by atoms with Gasteiger partial charge in [0.2, 0.25) is 0 Å². The Morgan fingerprint density at radius 3 is 2.81 bits per heavy atom. The van der Waals surface area contributed by atoms with Crippen LogP contribution in [0.2, 0.25) is 0 Å². The highest BCUT2D eigenvalue weighted by Gasteiger charge is 2.16. The van der Waals surface area contributed by atoms with Gasteiger partial charge in [0.05, 0.1) is 23.1 Å². The van der Waals surface area contributed by atoms with Crippen LogP contribution >= 0.6 is 0 Å². The second-order valence-corrected chi connectivity index (χ2v) is 4.85. The highest BCUT2D eigenvalue weighted by atomic mass is 16.2. The largest absolute Gasteiger partial charge is 0.396 e. The van der Waals surface area contributed by atoms with E-state index in [1.165, 1.54) is 10.9 Å². The van der Waals surface area contributed by atoms with E-state index in [0.717, 1.165) is 16.6 Å². The molecule has 0 saturated carbocycles. The SMILES string of the molecule is Cc1cc(NC(=O)c2c(N)cnn2C)c2ccccc2n1. The van der Waals surface area contributed by atoms with Crippen LogP contribution < -0.4 is 11.1 Å². The minimum atomic E-state index is -0.289. The average molecular weight is 281 g/mol. The molecule has 2 heterocycles. The van der Waals surface area contributed by atoms with Gasteiger partial charge >= 0.3 is 0 Å². The zero-order valence-corrected chi connectivity index (χ0v) is 11.8. The third-order valence-corrected chi connectivity index (χ3v) is 3.27. The van der Waals surface area contributed by atoms with E-state index in [-0.39, 0.29) is 5.91 Å². The number of carbonyl (C=O) groups excluding carboxylic acids is 1. The molecular weight excluding hydrogens is 266 g/mol. The molecule has 0 radical (unpaired) electrons. The number of nitrogens with two attached hydrogens (primary N) is 1. The molecule has 0 bridgehead atoms. The predicted molar refractivity (Wildman–Crippen MR) is 82.1 cm³/mol. The average Bonchev–Trinajstić information content (AvgIpc) is 2.78. The fourth-order valence-electron chi connectivity index (χ4n) is 2.33. The van der Waals surface area contributed by atoms with Crippen molar-refractivity contribution in [2.24, 2.45) is 7.05 Å². The number of benzene rings is 1. The van der Waals surface area contributed by atoms with Crippen molar-refractivity contribution in [2.45, 2.75) is 6.92 Å². The van der Waals surface area contributed by atoms with Crippen LogP contribution in [0.3, 0.4) is 0 Å². The molecule has 6 nitrogen and oxygen atoms in total. The van der Waals surface area contributed by atoms with E-state index in [2.05, 4.69) is 15.4 Å². The number of hydrogen-bond donors (Lipinski definition) is 2. The van der Waals surface area contributed by atoms with Gasteiger partial charge < -0.3 is 11.1 Å². The highest BCUT2D eigenvalue weighted by Crippen LogP contribution is 2.24. The molecule has 3 aromatic rings. The Bertz CT molecular complexity index is 818. The number of aromatic nitrogens is 3. The normalized spacial score (nSPS) is 10.8. The lowest BCUT2D eigenvalue weighted by Gasteiger charge is -2.10. The molecule has 0 aliphatic heterocycles. The van der Waals surface area contributed by atoms with Crippen LogP contribution in [0.1, 0.15) is 16.2 Å². The monoisotopic (exact) mass is 281 g/mol.